The molecule has 0 aliphatic heterocycles. The average molecular weight is 58.8 g/mol. The Hall–Kier alpha value is -0.535. The summed E-state index contributed by atoms with van der Waals surface area (Å²) in [6.45, 7) is 0. The fourth-order valence-electron chi connectivity index (χ4n) is 0. The standard InChI is InChI=1S/BH2NO2/c3-1-2-4/h3-4H. The Morgan fingerprint density at radius 2 is 2.00 bits per heavy atom. The summed E-state index contributed by atoms with van der Waals surface area (Å²) in [5.41, 5.74) is 0. The quantitative estimate of drug-likeness (QED) is 0.282. The van der Waals surface area contributed by atoms with Crippen LogP contribution in [-0.4, -0.2) is 17.5 Å². The van der Waals surface area contributed by atoms with E-state index in [0.29, 0.717) is 7.27 Å². The van der Waals surface area contributed by atoms with Crippen LogP contribution in [0.4, 0.5) is 0 Å². The molecule has 0 saturated heterocycles. The molecule has 0 aliphatic carbocycles. The van der Waals surface area contributed by atoms with E-state index in [2.05, 4.69) is 5.06 Å². The van der Waals surface area contributed by atoms with E-state index >= 15 is 0 Å². The van der Waals surface area contributed by atoms with E-state index in [1.54, 1.807) is 0 Å². The molecule has 0 atom stereocenters. The van der Waals surface area contributed by atoms with Crippen LogP contribution in [0.5, 0.6) is 0 Å². The first-order valence-electron chi connectivity index (χ1n) is 0.716. The molecular weight excluding hydrogens is 56.8 g/mol. The number of nitrogens with zero attached hydrogens (tertiary/aromatic N) is 1. The molecule has 0 aromatic rings. The second-order valence-corrected chi connectivity index (χ2v) is 0.231. The molecule has 0 amide bonds. The van der Waals surface area contributed by atoms with Gasteiger partial charge in [-0.1, -0.05) is 0 Å². The van der Waals surface area contributed by atoms with Crippen molar-refractivity contribution in [2.24, 2.45) is 5.06 Å². The molecule has 0 aliphatic rings. The second kappa shape index (κ2) is 2.46. The molecule has 0 heterocycles. The number of rotatable bonds is 0. The van der Waals surface area contributed by atoms with Gasteiger partial charge in [-0.05, 0) is 0 Å². The molecule has 0 rings (SSSR count). The number of hydrogen-bond acceptors (Lipinski definition) is 2. The van der Waals surface area contributed by atoms with Gasteiger partial charge in [0.15, 0.2) is 0 Å². The van der Waals surface area contributed by atoms with Crippen molar-refractivity contribution in [1.29, 1.82) is 0 Å². The molecule has 0 spiro atoms. The van der Waals surface area contributed by atoms with Gasteiger partial charge in [0.1, 0.15) is 0 Å². The van der Waals surface area contributed by atoms with E-state index in [4.69, 9.17) is 10.2 Å². The van der Waals surface area contributed by atoms with Gasteiger partial charge in [-0.15, -0.1) is 0 Å². The summed E-state index contributed by atoms with van der Waals surface area (Å²) in [7, 11) is 0.306. The average Bonchev–Trinajstić information content (AvgIpc) is 1.37. The predicted octanol–water partition coefficient (Wildman–Crippen LogP) is -0.829. The van der Waals surface area contributed by atoms with Gasteiger partial charge in [0.05, 0.1) is 0 Å². The van der Waals surface area contributed by atoms with Crippen LogP contribution in [0.15, 0.2) is 5.06 Å². The Labute approximate surface area is 23.8 Å². The SMILES string of the molecule is OB=NO. The molecule has 3 nitrogen and oxygen atoms in total. The van der Waals surface area contributed by atoms with Gasteiger partial charge in [-0.3, -0.25) is 0 Å². The maximum atomic E-state index is 7.33. The normalized spacial score (nSPS) is 7.00. The Morgan fingerprint density at radius 1 is 1.75 bits per heavy atom. The van der Waals surface area contributed by atoms with Gasteiger partial charge in [0.2, 0.25) is 0 Å². The third-order valence-corrected chi connectivity index (χ3v) is 0.0516. The van der Waals surface area contributed by atoms with Crippen LogP contribution in [0.3, 0.4) is 0 Å². The van der Waals surface area contributed by atoms with Crippen LogP contribution in [-0.2, 0) is 0 Å². The molecule has 0 saturated carbocycles. The third-order valence-electron chi connectivity index (χ3n) is 0.0516. The van der Waals surface area contributed by atoms with Gasteiger partial charge >= 0.3 is 22.6 Å². The summed E-state index contributed by atoms with van der Waals surface area (Å²) in [5.74, 6) is 0. The van der Waals surface area contributed by atoms with Crippen LogP contribution in [0.1, 0.15) is 0 Å². The van der Waals surface area contributed by atoms with Gasteiger partial charge in [0.25, 0.3) is 0 Å². The summed E-state index contributed by atoms with van der Waals surface area (Å²) < 4.78 is 0. The van der Waals surface area contributed by atoms with Crippen molar-refractivity contribution in [3.63, 3.8) is 0 Å². The first-order valence-corrected chi connectivity index (χ1v) is 0.716. The van der Waals surface area contributed by atoms with Gasteiger partial charge < -0.3 is 0 Å². The van der Waals surface area contributed by atoms with Gasteiger partial charge in [-0.2, -0.15) is 0 Å². The van der Waals surface area contributed by atoms with E-state index in [1.807, 2.05) is 0 Å². The molecule has 4 heavy (non-hydrogen) atoms. The van der Waals surface area contributed by atoms with Gasteiger partial charge in [0, 0.05) is 0 Å². The minimum absolute atomic E-state index is 0.306. The molecule has 0 unspecified atom stereocenters. The van der Waals surface area contributed by atoms with Crippen molar-refractivity contribution in [3.8, 4) is 0 Å². The van der Waals surface area contributed by atoms with Crippen LogP contribution in [0.2, 0.25) is 0 Å². The van der Waals surface area contributed by atoms with Crippen molar-refractivity contribution in [3.05, 3.63) is 0 Å². The van der Waals surface area contributed by atoms with E-state index in [-0.39, 0.29) is 0 Å². The van der Waals surface area contributed by atoms with Crippen LogP contribution in [0, 0.1) is 0 Å². The molecule has 0 aromatic heterocycles. The summed E-state index contributed by atoms with van der Waals surface area (Å²) in [6, 6.07) is 0. The van der Waals surface area contributed by atoms with Crippen molar-refractivity contribution in [2.75, 3.05) is 0 Å². The van der Waals surface area contributed by atoms with Crippen molar-refractivity contribution in [1.82, 2.24) is 0 Å². The Kier molecular flexibility index (Phi) is 2.14. The van der Waals surface area contributed by atoms with Crippen LogP contribution >= 0.6 is 0 Å². The molecule has 2 N–H and O–H groups in total. The molecule has 22 valence electrons. The predicted molar refractivity (Wildman–Crippen MR) is 12.2 cm³/mol. The second-order valence-electron chi connectivity index (χ2n) is 0.231. The van der Waals surface area contributed by atoms with E-state index < -0.39 is 0 Å². The summed E-state index contributed by atoms with van der Waals surface area (Å²) >= 11 is 0. The van der Waals surface area contributed by atoms with Crippen LogP contribution < -0.4 is 0 Å². The van der Waals surface area contributed by atoms with Crippen molar-refractivity contribution in [2.45, 2.75) is 0 Å². The first-order chi connectivity index (χ1) is 1.91. The van der Waals surface area contributed by atoms with E-state index in [9.17, 15) is 0 Å². The molecule has 0 fully saturated rings. The number of hydrogen-bond donors (Lipinski definition) is 2. The Balaban J connectivity index is 2.55. The molecular formula is H2BNO2. The summed E-state index contributed by atoms with van der Waals surface area (Å²) in [6.07, 6.45) is 0. The van der Waals surface area contributed by atoms with E-state index in [1.165, 1.54) is 0 Å². The fraction of sp³-hybridized carbons (Fsp3) is 0. The minimum atomic E-state index is 0.306. The van der Waals surface area contributed by atoms with Crippen molar-refractivity contribution < 1.29 is 10.2 Å². The van der Waals surface area contributed by atoms with Crippen LogP contribution in [0.25, 0.3) is 0 Å². The topological polar surface area (TPSA) is 52.8 Å². The molecule has 0 aromatic carbocycles. The zero-order chi connectivity index (χ0) is 3.41. The zero-order valence-corrected chi connectivity index (χ0v) is 1.92. The maximum absolute atomic E-state index is 7.33. The zero-order valence-electron chi connectivity index (χ0n) is 1.92. The summed E-state index contributed by atoms with van der Waals surface area (Å²) in [5, 5.41) is 16.7. The molecule has 0 radical (unpaired) electrons. The Bertz CT molecular complexity index is 21.2. The first kappa shape index (κ1) is 3.46. The monoisotopic (exact) mass is 59.0 g/mol. The molecule has 4 heteroatoms. The summed E-state index contributed by atoms with van der Waals surface area (Å²) in [4.78, 5) is 0. The molecule has 0 bridgehead atoms. The van der Waals surface area contributed by atoms with Crippen molar-refractivity contribution >= 4 is 7.27 Å². The third kappa shape index (κ3) is 1.46. The van der Waals surface area contributed by atoms with Gasteiger partial charge in [-0.25, -0.2) is 0 Å². The van der Waals surface area contributed by atoms with E-state index in [0.717, 1.165) is 0 Å². The Morgan fingerprint density at radius 3 is 2.00 bits per heavy atom. The fourth-order valence-corrected chi connectivity index (χ4v) is 0.